The number of carbonyl (C=O) groups is 1. The maximum absolute atomic E-state index is 11.8. The number of aryl methyl sites for hydroxylation is 2. The molecule has 25 heavy (non-hydrogen) atoms. The van der Waals surface area contributed by atoms with Gasteiger partial charge in [0.2, 0.25) is 0 Å². The largest absolute Gasteiger partial charge is 0.445 e. The van der Waals surface area contributed by atoms with Gasteiger partial charge in [-0.3, -0.25) is 0 Å². The Morgan fingerprint density at radius 2 is 2.00 bits per heavy atom. The number of alkyl carbamates (subject to hydrolysis) is 1. The third kappa shape index (κ3) is 7.14. The van der Waals surface area contributed by atoms with Crippen LogP contribution >= 0.6 is 11.6 Å². The number of pyridine rings is 1. The standard InChI is InChI=1S/C20H25ClN2O2/c1-3-18-12-17(13-19(21)23-18)11-7-8-15(2)22-20(24)25-14-16-9-5-4-6-10-16/h4-6,9-10,12-13,15H,3,7-8,11,14H2,1-2H3,(H,22,24). The summed E-state index contributed by atoms with van der Waals surface area (Å²) in [5.41, 5.74) is 3.18. The summed E-state index contributed by atoms with van der Waals surface area (Å²) >= 11 is 6.04. The van der Waals surface area contributed by atoms with Crippen molar-refractivity contribution < 1.29 is 9.53 Å². The molecule has 1 N–H and O–H groups in total. The predicted molar refractivity (Wildman–Crippen MR) is 101 cm³/mol. The van der Waals surface area contributed by atoms with Gasteiger partial charge in [0.25, 0.3) is 0 Å². The number of amides is 1. The number of benzene rings is 1. The fourth-order valence-corrected chi connectivity index (χ4v) is 2.84. The smallest absolute Gasteiger partial charge is 0.407 e. The van der Waals surface area contributed by atoms with Gasteiger partial charge in [-0.15, -0.1) is 0 Å². The number of halogens is 1. The second-order valence-corrected chi connectivity index (χ2v) is 6.53. The van der Waals surface area contributed by atoms with Crippen molar-refractivity contribution >= 4 is 17.7 Å². The van der Waals surface area contributed by atoms with E-state index in [2.05, 4.69) is 23.3 Å². The number of carbonyl (C=O) groups excluding carboxylic acids is 1. The van der Waals surface area contributed by atoms with Crippen molar-refractivity contribution in [3.05, 3.63) is 64.4 Å². The van der Waals surface area contributed by atoms with E-state index in [9.17, 15) is 4.79 Å². The minimum Gasteiger partial charge on any atom is -0.445 e. The van der Waals surface area contributed by atoms with Crippen LogP contribution in [0.25, 0.3) is 0 Å². The van der Waals surface area contributed by atoms with Crippen molar-refractivity contribution in [2.24, 2.45) is 0 Å². The van der Waals surface area contributed by atoms with Crippen LogP contribution in [-0.2, 0) is 24.2 Å². The van der Waals surface area contributed by atoms with E-state index in [1.807, 2.05) is 43.3 Å². The van der Waals surface area contributed by atoms with E-state index in [0.717, 1.165) is 36.9 Å². The molecule has 1 amide bonds. The molecule has 1 aromatic heterocycles. The van der Waals surface area contributed by atoms with Crippen molar-refractivity contribution in [1.82, 2.24) is 10.3 Å². The van der Waals surface area contributed by atoms with Crippen LogP contribution in [0.2, 0.25) is 5.15 Å². The zero-order valence-corrected chi connectivity index (χ0v) is 15.6. The maximum atomic E-state index is 11.8. The van der Waals surface area contributed by atoms with Gasteiger partial charge in [-0.1, -0.05) is 48.9 Å². The van der Waals surface area contributed by atoms with Gasteiger partial charge in [-0.25, -0.2) is 9.78 Å². The van der Waals surface area contributed by atoms with Crippen LogP contribution in [0, 0.1) is 0 Å². The maximum Gasteiger partial charge on any atom is 0.407 e. The normalized spacial score (nSPS) is 11.8. The Bertz CT molecular complexity index is 677. The fraction of sp³-hybridized carbons (Fsp3) is 0.400. The van der Waals surface area contributed by atoms with Crippen molar-refractivity contribution in [2.45, 2.75) is 52.2 Å². The van der Waals surface area contributed by atoms with Gasteiger partial charge in [-0.05, 0) is 55.9 Å². The van der Waals surface area contributed by atoms with Gasteiger partial charge < -0.3 is 10.1 Å². The molecule has 0 aliphatic carbocycles. The Kier molecular flexibility index (Phi) is 7.74. The number of ether oxygens (including phenoxy) is 1. The molecule has 4 nitrogen and oxygen atoms in total. The van der Waals surface area contributed by atoms with Crippen LogP contribution in [0.15, 0.2) is 42.5 Å². The van der Waals surface area contributed by atoms with Crippen LogP contribution < -0.4 is 5.32 Å². The third-order valence-electron chi connectivity index (χ3n) is 3.95. The first-order chi connectivity index (χ1) is 12.1. The summed E-state index contributed by atoms with van der Waals surface area (Å²) in [5, 5.41) is 3.42. The quantitative estimate of drug-likeness (QED) is 0.678. The van der Waals surface area contributed by atoms with E-state index in [1.54, 1.807) is 0 Å². The molecular formula is C20H25ClN2O2. The molecule has 0 aliphatic rings. The summed E-state index contributed by atoms with van der Waals surface area (Å²) in [6.07, 6.45) is 3.25. The van der Waals surface area contributed by atoms with E-state index >= 15 is 0 Å². The minimum atomic E-state index is -0.378. The first-order valence-electron chi connectivity index (χ1n) is 8.69. The molecule has 0 fully saturated rings. The number of rotatable bonds is 8. The summed E-state index contributed by atoms with van der Waals surface area (Å²) in [4.78, 5) is 16.1. The lowest BCUT2D eigenvalue weighted by molar-refractivity contribution is 0.136. The first kappa shape index (κ1) is 19.3. The molecule has 0 bridgehead atoms. The SMILES string of the molecule is CCc1cc(CCCC(C)NC(=O)OCc2ccccc2)cc(Cl)n1. The van der Waals surface area contributed by atoms with E-state index in [0.29, 0.717) is 5.15 Å². The Morgan fingerprint density at radius 3 is 2.72 bits per heavy atom. The van der Waals surface area contributed by atoms with Crippen LogP contribution in [0.3, 0.4) is 0 Å². The molecule has 0 radical (unpaired) electrons. The van der Waals surface area contributed by atoms with Crippen LogP contribution in [0.4, 0.5) is 4.79 Å². The van der Waals surface area contributed by atoms with E-state index in [4.69, 9.17) is 16.3 Å². The average Bonchev–Trinajstić information content (AvgIpc) is 2.60. The van der Waals surface area contributed by atoms with Gasteiger partial charge in [-0.2, -0.15) is 0 Å². The number of nitrogens with zero attached hydrogens (tertiary/aromatic N) is 1. The lowest BCUT2D eigenvalue weighted by atomic mass is 10.1. The summed E-state index contributed by atoms with van der Waals surface area (Å²) in [6, 6.07) is 13.7. The van der Waals surface area contributed by atoms with Gasteiger partial charge in [0, 0.05) is 11.7 Å². The zero-order valence-electron chi connectivity index (χ0n) is 14.8. The molecule has 1 aromatic carbocycles. The molecule has 0 aliphatic heterocycles. The highest BCUT2D eigenvalue weighted by Crippen LogP contribution is 2.14. The molecule has 2 aromatic rings. The Labute approximate surface area is 154 Å². The summed E-state index contributed by atoms with van der Waals surface area (Å²) < 4.78 is 5.23. The summed E-state index contributed by atoms with van der Waals surface area (Å²) in [5.74, 6) is 0. The highest BCUT2D eigenvalue weighted by Gasteiger charge is 2.09. The first-order valence-corrected chi connectivity index (χ1v) is 9.07. The van der Waals surface area contributed by atoms with Gasteiger partial charge in [0.1, 0.15) is 11.8 Å². The number of nitrogens with one attached hydrogen (secondary N) is 1. The Balaban J connectivity index is 1.69. The zero-order chi connectivity index (χ0) is 18.1. The number of hydrogen-bond donors (Lipinski definition) is 1. The minimum absolute atomic E-state index is 0.0613. The average molecular weight is 361 g/mol. The molecule has 5 heteroatoms. The molecular weight excluding hydrogens is 336 g/mol. The monoisotopic (exact) mass is 360 g/mol. The topological polar surface area (TPSA) is 51.2 Å². The van der Waals surface area contributed by atoms with E-state index < -0.39 is 0 Å². The van der Waals surface area contributed by atoms with Crippen LogP contribution in [0.1, 0.15) is 43.5 Å². The fourth-order valence-electron chi connectivity index (χ4n) is 2.59. The summed E-state index contributed by atoms with van der Waals surface area (Å²) in [6.45, 7) is 4.34. The van der Waals surface area contributed by atoms with E-state index in [-0.39, 0.29) is 18.7 Å². The van der Waals surface area contributed by atoms with Crippen LogP contribution in [-0.4, -0.2) is 17.1 Å². The van der Waals surface area contributed by atoms with Crippen molar-refractivity contribution in [2.75, 3.05) is 0 Å². The Hall–Kier alpha value is -2.07. The lowest BCUT2D eigenvalue weighted by Gasteiger charge is -2.14. The molecule has 134 valence electrons. The Morgan fingerprint density at radius 1 is 1.24 bits per heavy atom. The lowest BCUT2D eigenvalue weighted by Crippen LogP contribution is -2.33. The molecule has 1 heterocycles. The second kappa shape index (κ2) is 10.0. The molecule has 0 saturated carbocycles. The third-order valence-corrected chi connectivity index (χ3v) is 4.14. The highest BCUT2D eigenvalue weighted by atomic mass is 35.5. The van der Waals surface area contributed by atoms with Gasteiger partial charge in [0.05, 0.1) is 0 Å². The molecule has 1 unspecified atom stereocenters. The molecule has 1 atom stereocenters. The second-order valence-electron chi connectivity index (χ2n) is 6.14. The van der Waals surface area contributed by atoms with Crippen LogP contribution in [0.5, 0.6) is 0 Å². The summed E-state index contributed by atoms with van der Waals surface area (Å²) in [7, 11) is 0. The predicted octanol–water partition coefficient (Wildman–Crippen LogP) is 4.94. The van der Waals surface area contributed by atoms with Crippen molar-refractivity contribution in [3.8, 4) is 0 Å². The molecule has 2 rings (SSSR count). The number of aromatic nitrogens is 1. The van der Waals surface area contributed by atoms with Crippen molar-refractivity contribution in [3.63, 3.8) is 0 Å². The molecule has 0 spiro atoms. The highest BCUT2D eigenvalue weighted by molar-refractivity contribution is 6.29. The molecule has 0 saturated heterocycles. The van der Waals surface area contributed by atoms with Gasteiger partial charge >= 0.3 is 6.09 Å². The van der Waals surface area contributed by atoms with Gasteiger partial charge in [0.15, 0.2) is 0 Å². The number of hydrogen-bond acceptors (Lipinski definition) is 3. The van der Waals surface area contributed by atoms with Crippen molar-refractivity contribution in [1.29, 1.82) is 0 Å². The van der Waals surface area contributed by atoms with E-state index in [1.165, 1.54) is 5.56 Å².